The van der Waals surface area contributed by atoms with E-state index in [1.165, 1.54) is 0 Å². The van der Waals surface area contributed by atoms with Gasteiger partial charge in [0.1, 0.15) is 6.04 Å². The zero-order valence-corrected chi connectivity index (χ0v) is 17.9. The Labute approximate surface area is 181 Å². The molecule has 0 aromatic heterocycles. The first-order chi connectivity index (χ1) is 14.4. The molecule has 1 heterocycles. The summed E-state index contributed by atoms with van der Waals surface area (Å²) in [6.07, 6.45) is 2.06. The maximum atomic E-state index is 13.0. The Kier molecular flexibility index (Phi) is 7.11. The number of anilines is 2. The van der Waals surface area contributed by atoms with Crippen LogP contribution in [0.5, 0.6) is 0 Å². The van der Waals surface area contributed by atoms with E-state index in [0.717, 1.165) is 12.8 Å². The number of amides is 3. The molecule has 0 spiro atoms. The van der Waals surface area contributed by atoms with Crippen LogP contribution < -0.4 is 15.5 Å². The molecule has 6 nitrogen and oxygen atoms in total. The van der Waals surface area contributed by atoms with E-state index in [1.54, 1.807) is 47.4 Å². The van der Waals surface area contributed by atoms with Gasteiger partial charge < -0.3 is 15.5 Å². The first-order valence-electron chi connectivity index (χ1n) is 10.2. The first-order valence-corrected chi connectivity index (χ1v) is 10.5. The third-order valence-corrected chi connectivity index (χ3v) is 5.70. The highest BCUT2D eigenvalue weighted by molar-refractivity contribution is 6.34. The van der Waals surface area contributed by atoms with Gasteiger partial charge in [0.15, 0.2) is 0 Å². The zero-order valence-electron chi connectivity index (χ0n) is 17.2. The number of nitrogens with one attached hydrogen (secondary N) is 2. The molecule has 3 rings (SSSR count). The van der Waals surface area contributed by atoms with Gasteiger partial charge in [0.05, 0.1) is 10.7 Å². The lowest BCUT2D eigenvalue weighted by molar-refractivity contribution is -0.119. The summed E-state index contributed by atoms with van der Waals surface area (Å²) >= 11 is 6.38. The van der Waals surface area contributed by atoms with Crippen LogP contribution in [0.2, 0.25) is 5.02 Å². The van der Waals surface area contributed by atoms with Gasteiger partial charge in [-0.2, -0.15) is 0 Å². The van der Waals surface area contributed by atoms with Gasteiger partial charge in [-0.1, -0.05) is 50.1 Å². The van der Waals surface area contributed by atoms with Gasteiger partial charge in [0.25, 0.3) is 5.91 Å². The maximum Gasteiger partial charge on any atom is 0.251 e. The molecule has 0 radical (unpaired) electrons. The molecule has 0 unspecified atom stereocenters. The summed E-state index contributed by atoms with van der Waals surface area (Å²) in [5, 5.41) is 6.09. The number of carbonyl (C=O) groups excluding carboxylic acids is 3. The minimum absolute atomic E-state index is 0.0501. The lowest BCUT2D eigenvalue weighted by atomic mass is 9.97. The zero-order chi connectivity index (χ0) is 21.7. The van der Waals surface area contributed by atoms with Gasteiger partial charge in [-0.25, -0.2) is 0 Å². The molecule has 2 atom stereocenters. The summed E-state index contributed by atoms with van der Waals surface area (Å²) in [4.78, 5) is 39.1. The molecule has 2 aromatic carbocycles. The normalized spacial score (nSPS) is 15.6. The highest BCUT2D eigenvalue weighted by Gasteiger charge is 2.27. The molecule has 7 heteroatoms. The van der Waals surface area contributed by atoms with Crippen LogP contribution in [0.15, 0.2) is 48.5 Å². The number of halogens is 1. The number of hydrogen-bond acceptors (Lipinski definition) is 3. The predicted molar refractivity (Wildman–Crippen MR) is 119 cm³/mol. The number of benzene rings is 2. The van der Waals surface area contributed by atoms with E-state index >= 15 is 0 Å². The lowest BCUT2D eigenvalue weighted by Crippen LogP contribution is -2.47. The topological polar surface area (TPSA) is 78.5 Å². The molecule has 1 aliphatic rings. The van der Waals surface area contributed by atoms with E-state index in [1.807, 2.05) is 19.9 Å². The molecule has 0 aliphatic carbocycles. The summed E-state index contributed by atoms with van der Waals surface area (Å²) < 4.78 is 0. The largest absolute Gasteiger partial charge is 0.340 e. The third kappa shape index (κ3) is 5.00. The molecule has 3 amide bonds. The Hall–Kier alpha value is -2.86. The van der Waals surface area contributed by atoms with Gasteiger partial charge in [-0.3, -0.25) is 14.4 Å². The van der Waals surface area contributed by atoms with Crippen molar-refractivity contribution in [2.75, 3.05) is 16.8 Å². The minimum Gasteiger partial charge on any atom is -0.340 e. The molecule has 1 fully saturated rings. The summed E-state index contributed by atoms with van der Waals surface area (Å²) in [5.74, 6) is -0.615. The number of rotatable bonds is 7. The molecule has 0 saturated carbocycles. The van der Waals surface area contributed by atoms with Gasteiger partial charge in [-0.05, 0) is 42.7 Å². The van der Waals surface area contributed by atoms with Crippen molar-refractivity contribution in [2.45, 2.75) is 39.2 Å². The second kappa shape index (κ2) is 9.76. The monoisotopic (exact) mass is 427 g/mol. The average molecular weight is 428 g/mol. The Bertz CT molecular complexity index is 933. The van der Waals surface area contributed by atoms with Crippen molar-refractivity contribution in [1.82, 2.24) is 5.32 Å². The smallest absolute Gasteiger partial charge is 0.251 e. The first kappa shape index (κ1) is 21.8. The fourth-order valence-corrected chi connectivity index (χ4v) is 3.72. The number of nitrogens with zero attached hydrogens (tertiary/aromatic N) is 1. The minimum atomic E-state index is -0.693. The second-order valence-electron chi connectivity index (χ2n) is 7.51. The van der Waals surface area contributed by atoms with Gasteiger partial charge in [0.2, 0.25) is 11.8 Å². The average Bonchev–Trinajstić information content (AvgIpc) is 3.17. The molecule has 2 N–H and O–H groups in total. The van der Waals surface area contributed by atoms with Crippen molar-refractivity contribution in [3.8, 4) is 0 Å². The van der Waals surface area contributed by atoms with Crippen molar-refractivity contribution in [1.29, 1.82) is 0 Å². The van der Waals surface area contributed by atoms with Crippen molar-refractivity contribution in [2.24, 2.45) is 5.92 Å². The summed E-state index contributed by atoms with van der Waals surface area (Å²) in [6, 6.07) is 13.2. The van der Waals surface area contributed by atoms with E-state index in [9.17, 15) is 14.4 Å². The molecule has 0 bridgehead atoms. The molecular weight excluding hydrogens is 402 g/mol. The highest BCUT2D eigenvalue weighted by atomic mass is 35.5. The van der Waals surface area contributed by atoms with Crippen LogP contribution in [0.3, 0.4) is 0 Å². The highest BCUT2D eigenvalue weighted by Crippen LogP contribution is 2.31. The van der Waals surface area contributed by atoms with Crippen LogP contribution >= 0.6 is 11.6 Å². The van der Waals surface area contributed by atoms with Crippen molar-refractivity contribution in [3.05, 3.63) is 59.1 Å². The number of carbonyl (C=O) groups is 3. The van der Waals surface area contributed by atoms with Crippen LogP contribution in [0, 0.1) is 5.92 Å². The lowest BCUT2D eigenvalue weighted by Gasteiger charge is -2.24. The van der Waals surface area contributed by atoms with Crippen LogP contribution in [0.4, 0.5) is 11.4 Å². The molecule has 158 valence electrons. The molecule has 1 aliphatic heterocycles. The van der Waals surface area contributed by atoms with E-state index in [0.29, 0.717) is 34.9 Å². The Morgan fingerprint density at radius 2 is 1.90 bits per heavy atom. The maximum absolute atomic E-state index is 13.0. The predicted octanol–water partition coefficient (Wildman–Crippen LogP) is 4.25. The van der Waals surface area contributed by atoms with Crippen LogP contribution in [0.1, 0.15) is 43.5 Å². The van der Waals surface area contributed by atoms with E-state index in [-0.39, 0.29) is 23.6 Å². The van der Waals surface area contributed by atoms with Gasteiger partial charge in [-0.15, -0.1) is 0 Å². The van der Waals surface area contributed by atoms with E-state index in [4.69, 9.17) is 11.6 Å². The Morgan fingerprint density at radius 3 is 2.50 bits per heavy atom. The second-order valence-corrected chi connectivity index (χ2v) is 7.91. The third-order valence-electron chi connectivity index (χ3n) is 5.40. The Morgan fingerprint density at radius 1 is 1.17 bits per heavy atom. The molecule has 30 heavy (non-hydrogen) atoms. The summed E-state index contributed by atoms with van der Waals surface area (Å²) in [5.41, 5.74) is 1.66. The van der Waals surface area contributed by atoms with E-state index < -0.39 is 6.04 Å². The summed E-state index contributed by atoms with van der Waals surface area (Å²) in [6.45, 7) is 4.54. The molecular formula is C23H26ClN3O3. The van der Waals surface area contributed by atoms with Crippen LogP contribution in [-0.2, 0) is 9.59 Å². The van der Waals surface area contributed by atoms with Crippen molar-refractivity contribution >= 4 is 40.7 Å². The number of hydrogen-bond donors (Lipinski definition) is 2. The van der Waals surface area contributed by atoms with Crippen LogP contribution in [0.25, 0.3) is 0 Å². The van der Waals surface area contributed by atoms with Crippen molar-refractivity contribution in [3.63, 3.8) is 0 Å². The SMILES string of the molecule is CC[C@@H](C)[C@@H](NC(=O)c1ccccc1)C(=O)Nc1ccc(N2CCCC2=O)c(Cl)c1. The fraction of sp³-hybridized carbons (Fsp3) is 0.348. The summed E-state index contributed by atoms with van der Waals surface area (Å²) in [7, 11) is 0. The quantitative estimate of drug-likeness (QED) is 0.693. The van der Waals surface area contributed by atoms with Crippen molar-refractivity contribution < 1.29 is 14.4 Å². The van der Waals surface area contributed by atoms with E-state index in [2.05, 4.69) is 10.6 Å². The standard InChI is InChI=1S/C23H26ClN3O3/c1-3-15(2)21(26-22(29)16-8-5-4-6-9-16)23(30)25-17-11-12-19(18(24)14-17)27-13-7-10-20(27)28/h4-6,8-9,11-12,14-15,21H,3,7,10,13H2,1-2H3,(H,25,30)(H,26,29)/t15-,21-/m1/s1. The van der Waals surface area contributed by atoms with Gasteiger partial charge in [0, 0.05) is 24.2 Å². The van der Waals surface area contributed by atoms with Gasteiger partial charge >= 0.3 is 0 Å². The molecule has 2 aromatic rings. The van der Waals surface area contributed by atoms with Crippen LogP contribution in [-0.4, -0.2) is 30.3 Å². The molecule has 1 saturated heterocycles. The Balaban J connectivity index is 1.73. The fourth-order valence-electron chi connectivity index (χ4n) is 3.44.